The molecule has 0 spiro atoms. The first-order valence-electron chi connectivity index (χ1n) is 8.82. The molecule has 0 fully saturated rings. The largest absolute Gasteiger partial charge is 0.494 e. The zero-order chi connectivity index (χ0) is 18.5. The van der Waals surface area contributed by atoms with E-state index in [2.05, 4.69) is 40.9 Å². The Morgan fingerprint density at radius 2 is 2.04 bits per heavy atom. The molecule has 0 saturated carbocycles. The van der Waals surface area contributed by atoms with Crippen molar-refractivity contribution in [3.05, 3.63) is 53.6 Å². The fourth-order valence-electron chi connectivity index (χ4n) is 3.17. The van der Waals surface area contributed by atoms with Crippen LogP contribution in [0.15, 0.2) is 47.5 Å². The van der Waals surface area contributed by atoms with Crippen LogP contribution in [0.25, 0.3) is 10.9 Å². The molecule has 0 bridgehead atoms. The van der Waals surface area contributed by atoms with E-state index in [1.165, 1.54) is 0 Å². The Balaban J connectivity index is 1.87. The Labute approximate surface area is 153 Å². The van der Waals surface area contributed by atoms with Gasteiger partial charge in [-0.05, 0) is 43.2 Å². The fraction of sp³-hybridized carbons (Fsp3) is 0.286. The molecule has 0 atom stereocenters. The van der Waals surface area contributed by atoms with Gasteiger partial charge in [-0.25, -0.2) is 0 Å². The molecule has 0 saturated heterocycles. The molecule has 2 aromatic carbocycles. The van der Waals surface area contributed by atoms with Gasteiger partial charge >= 0.3 is 0 Å². The number of aromatic hydroxyl groups is 1. The zero-order valence-electron chi connectivity index (χ0n) is 15.5. The van der Waals surface area contributed by atoms with Crippen molar-refractivity contribution in [2.45, 2.75) is 20.3 Å². The summed E-state index contributed by atoms with van der Waals surface area (Å²) >= 11 is 0. The van der Waals surface area contributed by atoms with Gasteiger partial charge in [0.25, 0.3) is 0 Å². The lowest BCUT2D eigenvalue weighted by molar-refractivity contribution is 0.197. The van der Waals surface area contributed by atoms with Crippen molar-refractivity contribution in [1.29, 1.82) is 0 Å². The number of benzene rings is 2. The quantitative estimate of drug-likeness (QED) is 0.477. The van der Waals surface area contributed by atoms with Gasteiger partial charge in [-0.1, -0.05) is 25.1 Å². The van der Waals surface area contributed by atoms with E-state index in [4.69, 9.17) is 4.74 Å². The number of ether oxygens (including phenoxy) is 1. The first kappa shape index (κ1) is 18.0. The molecule has 5 nitrogen and oxygen atoms in total. The maximum atomic E-state index is 10.1. The van der Waals surface area contributed by atoms with Crippen LogP contribution in [0.3, 0.4) is 0 Å². The maximum absolute atomic E-state index is 10.1. The Morgan fingerprint density at radius 3 is 2.77 bits per heavy atom. The van der Waals surface area contributed by atoms with E-state index in [-0.39, 0.29) is 5.88 Å². The summed E-state index contributed by atoms with van der Waals surface area (Å²) in [5.74, 6) is 0.137. The number of aliphatic imine (C=N–C) groups is 1. The minimum Gasteiger partial charge on any atom is -0.494 e. The zero-order valence-corrected chi connectivity index (χ0v) is 15.5. The number of fused-ring (bicyclic) bond motifs is 1. The molecular weight excluding hydrogens is 326 g/mol. The van der Waals surface area contributed by atoms with Crippen molar-refractivity contribution in [2.75, 3.05) is 25.3 Å². The number of hydrogen-bond acceptors (Lipinski definition) is 4. The minimum absolute atomic E-state index is 0.137. The highest BCUT2D eigenvalue weighted by Gasteiger charge is 2.10. The molecule has 0 aliphatic carbocycles. The summed E-state index contributed by atoms with van der Waals surface area (Å²) in [7, 11) is 1.71. The predicted octanol–water partition coefficient (Wildman–Crippen LogP) is 4.75. The normalized spacial score (nSPS) is 11.5. The number of H-pyrrole nitrogens is 1. The third-order valence-corrected chi connectivity index (χ3v) is 4.37. The number of methoxy groups -OCH3 is 1. The number of aryl methyl sites for hydroxylation is 1. The summed E-state index contributed by atoms with van der Waals surface area (Å²) in [5, 5.41) is 11.1. The lowest BCUT2D eigenvalue weighted by atomic mass is 10.1. The van der Waals surface area contributed by atoms with Crippen LogP contribution in [-0.4, -0.2) is 36.7 Å². The maximum Gasteiger partial charge on any atom is 0.198 e. The van der Waals surface area contributed by atoms with Crippen LogP contribution >= 0.6 is 0 Å². The molecular formula is C21H25N3O2. The summed E-state index contributed by atoms with van der Waals surface area (Å²) in [4.78, 5) is 9.75. The Hall–Kier alpha value is -2.79. The summed E-state index contributed by atoms with van der Waals surface area (Å²) in [5.41, 5.74) is 4.75. The third kappa shape index (κ3) is 3.73. The van der Waals surface area contributed by atoms with Crippen LogP contribution in [-0.2, 0) is 4.74 Å². The molecule has 0 radical (unpaired) electrons. The van der Waals surface area contributed by atoms with Gasteiger partial charge in [-0.2, -0.15) is 0 Å². The topological polar surface area (TPSA) is 60.9 Å². The minimum atomic E-state index is 0.137. The molecule has 26 heavy (non-hydrogen) atoms. The number of aromatic amines is 1. The third-order valence-electron chi connectivity index (χ3n) is 4.37. The van der Waals surface area contributed by atoms with E-state index in [0.29, 0.717) is 12.3 Å². The molecule has 0 amide bonds. The second-order valence-electron chi connectivity index (χ2n) is 6.34. The van der Waals surface area contributed by atoms with Gasteiger partial charge in [0.2, 0.25) is 0 Å². The SMILES string of the molecule is CCCN(COC)c1ccc(N=Cc2c(O)[nH]c3ccccc23)cc1C. The Bertz CT molecular complexity index is 909. The average Bonchev–Trinajstić information content (AvgIpc) is 2.95. The van der Waals surface area contributed by atoms with Crippen LogP contribution in [0.4, 0.5) is 11.4 Å². The molecule has 3 aromatic rings. The van der Waals surface area contributed by atoms with E-state index in [1.54, 1.807) is 13.3 Å². The molecule has 1 heterocycles. The first-order chi connectivity index (χ1) is 12.6. The first-order valence-corrected chi connectivity index (χ1v) is 8.82. The van der Waals surface area contributed by atoms with Gasteiger partial charge in [0, 0.05) is 36.5 Å². The van der Waals surface area contributed by atoms with Crippen LogP contribution < -0.4 is 4.90 Å². The number of nitrogens with one attached hydrogen (secondary N) is 1. The lowest BCUT2D eigenvalue weighted by Gasteiger charge is -2.25. The molecule has 136 valence electrons. The molecule has 2 N–H and O–H groups in total. The summed E-state index contributed by atoms with van der Waals surface area (Å²) in [6.07, 6.45) is 2.77. The molecule has 5 heteroatoms. The average molecular weight is 351 g/mol. The summed E-state index contributed by atoms with van der Waals surface area (Å²) in [6.45, 7) is 5.75. The van der Waals surface area contributed by atoms with Gasteiger partial charge < -0.3 is 19.7 Å². The van der Waals surface area contributed by atoms with Crippen molar-refractivity contribution >= 4 is 28.5 Å². The second-order valence-corrected chi connectivity index (χ2v) is 6.34. The molecule has 0 aliphatic heterocycles. The standard InChI is InChI=1S/C21H25N3O2/c1-4-11-24(14-26-3)20-10-9-16(12-15(20)2)22-13-18-17-7-5-6-8-19(17)23-21(18)25/h5-10,12-13,23,25H,4,11,14H2,1-3H3. The highest BCUT2D eigenvalue weighted by atomic mass is 16.5. The highest BCUT2D eigenvalue weighted by Crippen LogP contribution is 2.28. The van der Waals surface area contributed by atoms with E-state index in [0.717, 1.165) is 40.8 Å². The monoisotopic (exact) mass is 351 g/mol. The lowest BCUT2D eigenvalue weighted by Crippen LogP contribution is -2.26. The van der Waals surface area contributed by atoms with E-state index in [9.17, 15) is 5.11 Å². The number of rotatable bonds is 7. The van der Waals surface area contributed by atoms with E-state index in [1.807, 2.05) is 30.3 Å². The number of aromatic nitrogens is 1. The van der Waals surface area contributed by atoms with Crippen molar-refractivity contribution < 1.29 is 9.84 Å². The van der Waals surface area contributed by atoms with Crippen molar-refractivity contribution in [1.82, 2.24) is 4.98 Å². The number of para-hydroxylation sites is 1. The highest BCUT2D eigenvalue weighted by molar-refractivity contribution is 6.02. The van der Waals surface area contributed by atoms with Gasteiger partial charge in [0.1, 0.15) is 6.73 Å². The van der Waals surface area contributed by atoms with Gasteiger partial charge in [-0.15, -0.1) is 0 Å². The van der Waals surface area contributed by atoms with Crippen molar-refractivity contribution in [3.63, 3.8) is 0 Å². The summed E-state index contributed by atoms with van der Waals surface area (Å²) < 4.78 is 5.31. The van der Waals surface area contributed by atoms with Gasteiger partial charge in [0.15, 0.2) is 5.88 Å². The van der Waals surface area contributed by atoms with E-state index >= 15 is 0 Å². The Kier molecular flexibility index (Phi) is 5.58. The van der Waals surface area contributed by atoms with Gasteiger partial charge in [0.05, 0.1) is 11.3 Å². The van der Waals surface area contributed by atoms with Crippen LogP contribution in [0.5, 0.6) is 5.88 Å². The number of hydrogen-bond donors (Lipinski definition) is 2. The fourth-order valence-corrected chi connectivity index (χ4v) is 3.17. The van der Waals surface area contributed by atoms with Gasteiger partial charge in [-0.3, -0.25) is 4.99 Å². The summed E-state index contributed by atoms with van der Waals surface area (Å²) in [6, 6.07) is 13.9. The molecule has 0 unspecified atom stereocenters. The smallest absolute Gasteiger partial charge is 0.198 e. The predicted molar refractivity (Wildman–Crippen MR) is 108 cm³/mol. The molecule has 3 rings (SSSR count). The van der Waals surface area contributed by atoms with Crippen molar-refractivity contribution in [3.8, 4) is 5.88 Å². The molecule has 0 aliphatic rings. The molecule has 1 aromatic heterocycles. The van der Waals surface area contributed by atoms with E-state index < -0.39 is 0 Å². The number of anilines is 1. The van der Waals surface area contributed by atoms with Crippen molar-refractivity contribution in [2.24, 2.45) is 4.99 Å². The van der Waals surface area contributed by atoms with Crippen LogP contribution in [0.2, 0.25) is 0 Å². The van der Waals surface area contributed by atoms with Crippen LogP contribution in [0.1, 0.15) is 24.5 Å². The second kappa shape index (κ2) is 8.06. The number of nitrogens with zero attached hydrogens (tertiary/aromatic N) is 2. The Morgan fingerprint density at radius 1 is 1.23 bits per heavy atom. The van der Waals surface area contributed by atoms with Crippen LogP contribution in [0, 0.1) is 6.92 Å².